The lowest BCUT2D eigenvalue weighted by Gasteiger charge is -2.30. The minimum atomic E-state index is -3.71. The Labute approximate surface area is 145 Å². The van der Waals surface area contributed by atoms with Crippen molar-refractivity contribution in [3.05, 3.63) is 18.2 Å². The molecule has 9 nitrogen and oxygen atoms in total. The van der Waals surface area contributed by atoms with Crippen molar-refractivity contribution in [3.63, 3.8) is 0 Å². The summed E-state index contributed by atoms with van der Waals surface area (Å²) in [5.41, 5.74) is 0.272. The molecule has 3 rings (SSSR count). The highest BCUT2D eigenvalue weighted by molar-refractivity contribution is 7.89. The van der Waals surface area contributed by atoms with E-state index in [2.05, 4.69) is 5.32 Å². The molecule has 136 valence electrons. The van der Waals surface area contributed by atoms with Gasteiger partial charge in [0.15, 0.2) is 6.61 Å². The second-order valence-electron chi connectivity index (χ2n) is 5.59. The van der Waals surface area contributed by atoms with Gasteiger partial charge in [0.1, 0.15) is 12.3 Å². The van der Waals surface area contributed by atoms with Gasteiger partial charge in [-0.15, -0.1) is 0 Å². The summed E-state index contributed by atoms with van der Waals surface area (Å²) in [5.74, 6) is -0.399. The summed E-state index contributed by atoms with van der Waals surface area (Å²) in [6.45, 7) is 0.836. The number of carbonyl (C=O) groups excluding carboxylic acids is 2. The van der Waals surface area contributed by atoms with Crippen LogP contribution in [0.2, 0.25) is 0 Å². The molecule has 0 aromatic heterocycles. The zero-order valence-corrected chi connectivity index (χ0v) is 14.5. The smallest absolute Gasteiger partial charge is 0.265 e. The predicted octanol–water partition coefficient (Wildman–Crippen LogP) is -0.821. The first-order chi connectivity index (χ1) is 11.9. The van der Waals surface area contributed by atoms with E-state index in [1.807, 2.05) is 0 Å². The Hall–Kier alpha value is -2.17. The van der Waals surface area contributed by atoms with Crippen LogP contribution < -0.4 is 15.0 Å². The number of nitrogens with one attached hydrogen (secondary N) is 1. The molecule has 2 aliphatic heterocycles. The topological polar surface area (TPSA) is 105 Å². The summed E-state index contributed by atoms with van der Waals surface area (Å²) >= 11 is 0. The van der Waals surface area contributed by atoms with Crippen LogP contribution in [0.4, 0.5) is 5.69 Å². The van der Waals surface area contributed by atoms with Crippen molar-refractivity contribution in [2.75, 3.05) is 51.4 Å². The molecule has 1 fully saturated rings. The Bertz CT molecular complexity index is 788. The van der Waals surface area contributed by atoms with E-state index in [1.165, 1.54) is 34.5 Å². The normalized spacial score (nSPS) is 18.4. The largest absolute Gasteiger partial charge is 0.482 e. The molecular formula is C15H19N3O6S. The quantitative estimate of drug-likeness (QED) is 0.743. The van der Waals surface area contributed by atoms with E-state index >= 15 is 0 Å². The van der Waals surface area contributed by atoms with E-state index in [1.54, 1.807) is 0 Å². The summed E-state index contributed by atoms with van der Waals surface area (Å²) in [7, 11) is -2.25. The summed E-state index contributed by atoms with van der Waals surface area (Å²) in [6, 6.07) is 4.32. The number of amides is 2. The van der Waals surface area contributed by atoms with Gasteiger partial charge in [0.05, 0.1) is 23.8 Å². The first-order valence-electron chi connectivity index (χ1n) is 7.79. The highest BCUT2D eigenvalue weighted by Gasteiger charge is 2.31. The Morgan fingerprint density at radius 3 is 2.68 bits per heavy atom. The minimum Gasteiger partial charge on any atom is -0.482 e. The average Bonchev–Trinajstić information content (AvgIpc) is 2.64. The number of carbonyl (C=O) groups is 2. The van der Waals surface area contributed by atoms with E-state index in [0.29, 0.717) is 19.0 Å². The molecule has 0 bridgehead atoms. The lowest BCUT2D eigenvalue weighted by molar-refractivity contribution is -0.125. The standard InChI is InChI=1S/C15H19N3O6S/c1-16-14(19)9-18-12-8-11(2-3-13(12)24-10-15(18)20)25(21,22)17-4-6-23-7-5-17/h2-3,8H,4-7,9-10H2,1H3,(H,16,19). The van der Waals surface area contributed by atoms with Gasteiger partial charge in [-0.25, -0.2) is 8.42 Å². The summed E-state index contributed by atoms with van der Waals surface area (Å²) in [4.78, 5) is 25.1. The fourth-order valence-corrected chi connectivity index (χ4v) is 4.10. The number of ether oxygens (including phenoxy) is 2. The lowest BCUT2D eigenvalue weighted by Crippen LogP contribution is -2.44. The maximum absolute atomic E-state index is 12.8. The van der Waals surface area contributed by atoms with Crippen molar-refractivity contribution in [2.24, 2.45) is 0 Å². The third-order valence-electron chi connectivity index (χ3n) is 4.06. The second-order valence-corrected chi connectivity index (χ2v) is 7.53. The molecular weight excluding hydrogens is 350 g/mol. The SMILES string of the molecule is CNC(=O)CN1C(=O)COc2ccc(S(=O)(=O)N3CCOCC3)cc21. The number of fused-ring (bicyclic) bond motifs is 1. The van der Waals surface area contributed by atoms with Crippen LogP contribution >= 0.6 is 0 Å². The Morgan fingerprint density at radius 2 is 2.00 bits per heavy atom. The number of sulfonamides is 1. The molecule has 0 radical (unpaired) electrons. The highest BCUT2D eigenvalue weighted by atomic mass is 32.2. The molecule has 1 aromatic rings. The fourth-order valence-electron chi connectivity index (χ4n) is 2.67. The molecule has 1 saturated heterocycles. The van der Waals surface area contributed by atoms with E-state index in [9.17, 15) is 18.0 Å². The van der Waals surface area contributed by atoms with E-state index in [4.69, 9.17) is 9.47 Å². The van der Waals surface area contributed by atoms with Crippen molar-refractivity contribution in [1.82, 2.24) is 9.62 Å². The van der Waals surface area contributed by atoms with Gasteiger partial charge in [-0.1, -0.05) is 0 Å². The Kier molecular flexibility index (Phi) is 4.93. The van der Waals surface area contributed by atoms with Crippen molar-refractivity contribution < 1.29 is 27.5 Å². The fraction of sp³-hybridized carbons (Fsp3) is 0.467. The van der Waals surface area contributed by atoms with E-state index in [-0.39, 0.29) is 42.7 Å². The van der Waals surface area contributed by atoms with Gasteiger partial charge in [-0.3, -0.25) is 14.5 Å². The number of likely N-dealkylation sites (N-methyl/N-ethyl adjacent to an activating group) is 1. The minimum absolute atomic E-state index is 0.0494. The van der Waals surface area contributed by atoms with Gasteiger partial charge in [0.25, 0.3) is 5.91 Å². The highest BCUT2D eigenvalue weighted by Crippen LogP contribution is 2.35. The third kappa shape index (κ3) is 3.46. The lowest BCUT2D eigenvalue weighted by atomic mass is 10.2. The van der Waals surface area contributed by atoms with E-state index in [0.717, 1.165) is 0 Å². The number of rotatable bonds is 4. The van der Waals surface area contributed by atoms with Gasteiger partial charge < -0.3 is 14.8 Å². The van der Waals surface area contributed by atoms with Crippen LogP contribution in [-0.2, 0) is 24.3 Å². The molecule has 1 N–H and O–H groups in total. The maximum Gasteiger partial charge on any atom is 0.265 e. The Balaban J connectivity index is 1.96. The first-order valence-corrected chi connectivity index (χ1v) is 9.23. The molecule has 0 unspecified atom stereocenters. The van der Waals surface area contributed by atoms with Gasteiger partial charge in [0, 0.05) is 20.1 Å². The molecule has 0 saturated carbocycles. The van der Waals surface area contributed by atoms with Gasteiger partial charge >= 0.3 is 0 Å². The first kappa shape index (κ1) is 17.6. The maximum atomic E-state index is 12.8. The monoisotopic (exact) mass is 369 g/mol. The van der Waals surface area contributed by atoms with Crippen molar-refractivity contribution in [2.45, 2.75) is 4.90 Å². The van der Waals surface area contributed by atoms with Crippen molar-refractivity contribution >= 4 is 27.5 Å². The van der Waals surface area contributed by atoms with Gasteiger partial charge in [-0.2, -0.15) is 4.31 Å². The molecule has 0 atom stereocenters. The van der Waals surface area contributed by atoms with E-state index < -0.39 is 15.9 Å². The average molecular weight is 369 g/mol. The van der Waals surface area contributed by atoms with Crippen LogP contribution in [0, 0.1) is 0 Å². The number of benzene rings is 1. The predicted molar refractivity (Wildman–Crippen MR) is 87.9 cm³/mol. The zero-order valence-electron chi connectivity index (χ0n) is 13.7. The van der Waals surface area contributed by atoms with Crippen LogP contribution in [0.3, 0.4) is 0 Å². The number of hydrogen-bond donors (Lipinski definition) is 1. The summed E-state index contributed by atoms with van der Waals surface area (Å²) in [5, 5.41) is 2.45. The number of nitrogens with zero attached hydrogens (tertiary/aromatic N) is 2. The van der Waals surface area contributed by atoms with Gasteiger partial charge in [-0.05, 0) is 18.2 Å². The van der Waals surface area contributed by atoms with Crippen LogP contribution in [0.5, 0.6) is 5.75 Å². The number of anilines is 1. The Morgan fingerprint density at radius 1 is 1.28 bits per heavy atom. The second kappa shape index (κ2) is 6.98. The van der Waals surface area contributed by atoms with Crippen LogP contribution in [0.15, 0.2) is 23.1 Å². The number of hydrogen-bond acceptors (Lipinski definition) is 6. The zero-order chi connectivity index (χ0) is 18.0. The molecule has 25 heavy (non-hydrogen) atoms. The molecule has 2 aliphatic rings. The number of morpholine rings is 1. The molecule has 0 spiro atoms. The molecule has 2 heterocycles. The van der Waals surface area contributed by atoms with Crippen molar-refractivity contribution in [3.8, 4) is 5.75 Å². The molecule has 0 aliphatic carbocycles. The third-order valence-corrected chi connectivity index (χ3v) is 5.96. The summed E-state index contributed by atoms with van der Waals surface area (Å²) < 4.78 is 37.4. The summed E-state index contributed by atoms with van der Waals surface area (Å²) in [6.07, 6.45) is 0. The van der Waals surface area contributed by atoms with Gasteiger partial charge in [0.2, 0.25) is 15.9 Å². The van der Waals surface area contributed by atoms with Crippen LogP contribution in [-0.4, -0.2) is 71.0 Å². The van der Waals surface area contributed by atoms with Crippen LogP contribution in [0.1, 0.15) is 0 Å². The molecule has 2 amide bonds. The van der Waals surface area contributed by atoms with Crippen molar-refractivity contribution in [1.29, 1.82) is 0 Å². The molecule has 1 aromatic carbocycles. The molecule has 10 heteroatoms. The van der Waals surface area contributed by atoms with Crippen LogP contribution in [0.25, 0.3) is 0 Å².